The Hall–Kier alpha value is -2.08. The summed E-state index contributed by atoms with van der Waals surface area (Å²) < 4.78 is 0. The molecule has 0 saturated carbocycles. The van der Waals surface area contributed by atoms with Gasteiger partial charge in [-0.2, -0.15) is 0 Å². The standard InChI is InChI=1S/C20H19Cl2N3O2/c21-13-5-1-3-7-17(13)24-11-9-15(19(24)26)23-16-10-12-25(20(16)27)18-8-4-2-6-14(18)22/h1-8,15-16,23H,9-12H2. The molecule has 2 saturated heterocycles. The van der Waals surface area contributed by atoms with Crippen LogP contribution in [0.4, 0.5) is 11.4 Å². The van der Waals surface area contributed by atoms with Crippen molar-refractivity contribution >= 4 is 46.4 Å². The van der Waals surface area contributed by atoms with Crippen LogP contribution in [0.3, 0.4) is 0 Å². The Labute approximate surface area is 167 Å². The fraction of sp³-hybridized carbons (Fsp3) is 0.300. The average Bonchev–Trinajstić information content (AvgIpc) is 3.20. The van der Waals surface area contributed by atoms with Crippen molar-refractivity contribution in [2.75, 3.05) is 22.9 Å². The van der Waals surface area contributed by atoms with Crippen LogP contribution in [0.5, 0.6) is 0 Å². The minimum Gasteiger partial charge on any atom is -0.310 e. The molecule has 5 nitrogen and oxygen atoms in total. The maximum Gasteiger partial charge on any atom is 0.244 e. The van der Waals surface area contributed by atoms with Gasteiger partial charge in [0, 0.05) is 13.1 Å². The van der Waals surface area contributed by atoms with E-state index >= 15 is 0 Å². The molecule has 2 fully saturated rings. The first-order valence-corrected chi connectivity index (χ1v) is 9.69. The molecule has 2 aliphatic heterocycles. The molecule has 2 amide bonds. The van der Waals surface area contributed by atoms with Crippen molar-refractivity contribution < 1.29 is 9.59 Å². The lowest BCUT2D eigenvalue weighted by Crippen LogP contribution is -2.47. The monoisotopic (exact) mass is 403 g/mol. The highest BCUT2D eigenvalue weighted by molar-refractivity contribution is 6.34. The number of nitrogens with one attached hydrogen (secondary N) is 1. The van der Waals surface area contributed by atoms with Crippen LogP contribution in [-0.4, -0.2) is 37.0 Å². The summed E-state index contributed by atoms with van der Waals surface area (Å²) in [4.78, 5) is 29.0. The molecule has 7 heteroatoms. The predicted octanol–water partition coefficient (Wildman–Crippen LogP) is 3.49. The van der Waals surface area contributed by atoms with Crippen LogP contribution < -0.4 is 15.1 Å². The van der Waals surface area contributed by atoms with Gasteiger partial charge in [0.25, 0.3) is 0 Å². The zero-order valence-electron chi connectivity index (χ0n) is 14.6. The van der Waals surface area contributed by atoms with Crippen molar-refractivity contribution in [3.05, 3.63) is 58.6 Å². The fourth-order valence-electron chi connectivity index (χ4n) is 3.73. The normalized spacial score (nSPS) is 22.7. The summed E-state index contributed by atoms with van der Waals surface area (Å²) in [6.07, 6.45) is 1.28. The zero-order chi connectivity index (χ0) is 19.0. The van der Waals surface area contributed by atoms with Crippen LogP contribution in [0.15, 0.2) is 48.5 Å². The van der Waals surface area contributed by atoms with Crippen LogP contribution in [0.1, 0.15) is 12.8 Å². The van der Waals surface area contributed by atoms with Gasteiger partial charge in [-0.05, 0) is 37.1 Å². The minimum atomic E-state index is -0.388. The van der Waals surface area contributed by atoms with E-state index in [0.29, 0.717) is 47.4 Å². The van der Waals surface area contributed by atoms with Crippen LogP contribution in [0.2, 0.25) is 10.0 Å². The Bertz CT molecular complexity index is 818. The Morgan fingerprint density at radius 1 is 0.741 bits per heavy atom. The van der Waals surface area contributed by atoms with Gasteiger partial charge in [0.2, 0.25) is 11.8 Å². The van der Waals surface area contributed by atoms with E-state index in [-0.39, 0.29) is 23.9 Å². The SMILES string of the molecule is O=C1C(NC2CCN(c3ccccc3Cl)C2=O)CCN1c1ccccc1Cl. The van der Waals surface area contributed by atoms with Crippen molar-refractivity contribution in [2.24, 2.45) is 0 Å². The maximum atomic E-state index is 12.8. The van der Waals surface area contributed by atoms with E-state index in [2.05, 4.69) is 5.32 Å². The number of carbonyl (C=O) groups is 2. The molecule has 2 heterocycles. The molecular formula is C20H19Cl2N3O2. The average molecular weight is 404 g/mol. The Kier molecular flexibility index (Phi) is 5.08. The van der Waals surface area contributed by atoms with Crippen molar-refractivity contribution in [3.8, 4) is 0 Å². The summed E-state index contributed by atoms with van der Waals surface area (Å²) in [6, 6.07) is 13.8. The lowest BCUT2D eigenvalue weighted by molar-refractivity contribution is -0.120. The van der Waals surface area contributed by atoms with Gasteiger partial charge in [-0.1, -0.05) is 47.5 Å². The Morgan fingerprint density at radius 2 is 1.15 bits per heavy atom. The molecule has 140 valence electrons. The molecule has 2 unspecified atom stereocenters. The van der Waals surface area contributed by atoms with Gasteiger partial charge in [-0.3, -0.25) is 14.9 Å². The van der Waals surface area contributed by atoms with Gasteiger partial charge in [0.15, 0.2) is 0 Å². The third-order valence-corrected chi connectivity index (χ3v) is 5.74. The fourth-order valence-corrected chi connectivity index (χ4v) is 4.21. The summed E-state index contributed by atoms with van der Waals surface area (Å²) in [5, 5.41) is 4.35. The number of anilines is 2. The van der Waals surface area contributed by atoms with Crippen LogP contribution in [0.25, 0.3) is 0 Å². The Morgan fingerprint density at radius 3 is 1.56 bits per heavy atom. The summed E-state index contributed by atoms with van der Waals surface area (Å²) >= 11 is 12.4. The van der Waals surface area contributed by atoms with Gasteiger partial charge in [0.05, 0.1) is 33.5 Å². The lowest BCUT2D eigenvalue weighted by Gasteiger charge is -2.21. The number of para-hydroxylation sites is 2. The quantitative estimate of drug-likeness (QED) is 0.849. The molecule has 27 heavy (non-hydrogen) atoms. The third-order valence-electron chi connectivity index (χ3n) is 5.10. The van der Waals surface area contributed by atoms with Gasteiger partial charge in [0.1, 0.15) is 0 Å². The predicted molar refractivity (Wildman–Crippen MR) is 108 cm³/mol. The van der Waals surface area contributed by atoms with Crippen molar-refractivity contribution in [3.63, 3.8) is 0 Å². The highest BCUT2D eigenvalue weighted by atomic mass is 35.5. The third kappa shape index (κ3) is 3.43. The molecule has 0 radical (unpaired) electrons. The summed E-state index contributed by atoms with van der Waals surface area (Å²) in [5.41, 5.74) is 1.42. The summed E-state index contributed by atoms with van der Waals surface area (Å²) in [6.45, 7) is 1.16. The molecule has 0 aromatic heterocycles. The van der Waals surface area contributed by atoms with Crippen LogP contribution in [0, 0.1) is 0 Å². The first-order valence-electron chi connectivity index (χ1n) is 8.94. The minimum absolute atomic E-state index is 0.0490. The Balaban J connectivity index is 1.45. The first kappa shape index (κ1) is 18.3. The molecule has 4 rings (SSSR count). The second-order valence-electron chi connectivity index (χ2n) is 6.73. The zero-order valence-corrected chi connectivity index (χ0v) is 16.1. The molecule has 2 aromatic carbocycles. The smallest absolute Gasteiger partial charge is 0.244 e. The molecule has 2 aromatic rings. The second-order valence-corrected chi connectivity index (χ2v) is 7.55. The van der Waals surface area contributed by atoms with Crippen LogP contribution in [-0.2, 0) is 9.59 Å². The number of rotatable bonds is 4. The van der Waals surface area contributed by atoms with Gasteiger partial charge < -0.3 is 9.80 Å². The van der Waals surface area contributed by atoms with Crippen LogP contribution >= 0.6 is 23.2 Å². The number of carbonyl (C=O) groups excluding carboxylic acids is 2. The maximum absolute atomic E-state index is 12.8. The summed E-state index contributed by atoms with van der Waals surface area (Å²) in [5.74, 6) is -0.0980. The number of halogens is 2. The molecule has 0 bridgehead atoms. The number of benzene rings is 2. The number of hydrogen-bond acceptors (Lipinski definition) is 3. The topological polar surface area (TPSA) is 52.7 Å². The number of nitrogens with zero attached hydrogens (tertiary/aromatic N) is 2. The second kappa shape index (κ2) is 7.50. The van der Waals surface area contributed by atoms with Gasteiger partial charge in [-0.25, -0.2) is 0 Å². The molecule has 2 aliphatic rings. The van der Waals surface area contributed by atoms with Crippen molar-refractivity contribution in [1.82, 2.24) is 5.32 Å². The molecule has 0 aliphatic carbocycles. The number of amides is 2. The first-order chi connectivity index (χ1) is 13.1. The molecule has 0 spiro atoms. The van der Waals surface area contributed by atoms with E-state index in [9.17, 15) is 9.59 Å². The van der Waals surface area contributed by atoms with E-state index in [0.717, 1.165) is 0 Å². The van der Waals surface area contributed by atoms with Crippen molar-refractivity contribution in [1.29, 1.82) is 0 Å². The number of hydrogen-bond donors (Lipinski definition) is 1. The van der Waals surface area contributed by atoms with Gasteiger partial charge >= 0.3 is 0 Å². The van der Waals surface area contributed by atoms with E-state index in [1.165, 1.54) is 0 Å². The van der Waals surface area contributed by atoms with Gasteiger partial charge in [-0.15, -0.1) is 0 Å². The molecule has 2 atom stereocenters. The molecule has 1 N–H and O–H groups in total. The highest BCUT2D eigenvalue weighted by Gasteiger charge is 2.39. The highest BCUT2D eigenvalue weighted by Crippen LogP contribution is 2.31. The van der Waals surface area contributed by atoms with E-state index in [4.69, 9.17) is 23.2 Å². The van der Waals surface area contributed by atoms with E-state index < -0.39 is 0 Å². The summed E-state index contributed by atoms with van der Waals surface area (Å²) in [7, 11) is 0. The molecular weight excluding hydrogens is 385 g/mol. The largest absolute Gasteiger partial charge is 0.310 e. The van der Waals surface area contributed by atoms with E-state index in [1.54, 1.807) is 21.9 Å². The van der Waals surface area contributed by atoms with Crippen molar-refractivity contribution in [2.45, 2.75) is 24.9 Å². The van der Waals surface area contributed by atoms with E-state index in [1.807, 2.05) is 36.4 Å². The lowest BCUT2D eigenvalue weighted by atomic mass is 10.2.